The highest BCUT2D eigenvalue weighted by atomic mass is 35.5. The number of nitrogens with zero attached hydrogens (tertiary/aromatic N) is 2. The smallest absolute Gasteiger partial charge is 0.331 e. The summed E-state index contributed by atoms with van der Waals surface area (Å²) >= 11 is 6.92. The Morgan fingerprint density at radius 3 is 2.88 bits per heavy atom. The van der Waals surface area contributed by atoms with E-state index in [1.165, 1.54) is 6.08 Å². The quantitative estimate of drug-likeness (QED) is 0.546. The fourth-order valence-corrected chi connectivity index (χ4v) is 2.80. The summed E-state index contributed by atoms with van der Waals surface area (Å²) in [5.41, 5.74) is 2.59. The fraction of sp³-hybridized carbons (Fsp3) is 0.0588. The molecular formula is C17H12ClN3O3S. The van der Waals surface area contributed by atoms with Crippen molar-refractivity contribution in [3.05, 3.63) is 59.1 Å². The number of rotatable bonds is 5. The third-order valence-electron chi connectivity index (χ3n) is 3.17. The monoisotopic (exact) mass is 373 g/mol. The van der Waals surface area contributed by atoms with Crippen LogP contribution in [-0.4, -0.2) is 27.2 Å². The molecule has 0 saturated carbocycles. The predicted octanol–water partition coefficient (Wildman–Crippen LogP) is 3.54. The molecule has 0 saturated heterocycles. The lowest BCUT2D eigenvalue weighted by atomic mass is 10.2. The van der Waals surface area contributed by atoms with E-state index in [4.69, 9.17) is 16.3 Å². The van der Waals surface area contributed by atoms with Crippen LogP contribution in [0.1, 0.15) is 5.56 Å². The number of carbonyl (C=O) groups excluding carboxylic acids is 2. The van der Waals surface area contributed by atoms with E-state index >= 15 is 0 Å². The highest BCUT2D eigenvalue weighted by Crippen LogP contribution is 2.20. The van der Waals surface area contributed by atoms with Crippen molar-refractivity contribution in [1.82, 2.24) is 8.75 Å². The molecule has 0 spiro atoms. The Kier molecular flexibility index (Phi) is 5.37. The standard InChI is InChI=1S/C17H12ClN3O3S/c18-12-4-1-3-11(9-12)7-8-16(23)24-10-15(22)19-13-5-2-6-14-17(13)21-25-20-14/h1-9H,10H2,(H,19,22)/b8-7+. The molecule has 3 rings (SSSR count). The zero-order chi connectivity index (χ0) is 17.6. The minimum absolute atomic E-state index is 0.396. The third kappa shape index (κ3) is 4.62. The molecule has 0 fully saturated rings. The first-order valence-corrected chi connectivity index (χ1v) is 8.34. The molecule has 8 heteroatoms. The Balaban J connectivity index is 1.53. The molecule has 1 aromatic heterocycles. The van der Waals surface area contributed by atoms with Gasteiger partial charge in [0.15, 0.2) is 6.61 Å². The number of esters is 1. The Bertz CT molecular complexity index is 955. The molecule has 0 bridgehead atoms. The second-order valence-corrected chi connectivity index (χ2v) is 5.95. The molecule has 6 nitrogen and oxygen atoms in total. The number of halogens is 1. The van der Waals surface area contributed by atoms with Crippen molar-refractivity contribution in [2.45, 2.75) is 0 Å². The summed E-state index contributed by atoms with van der Waals surface area (Å²) < 4.78 is 13.1. The second kappa shape index (κ2) is 7.87. The average Bonchev–Trinajstić information content (AvgIpc) is 3.08. The minimum atomic E-state index is -0.622. The van der Waals surface area contributed by atoms with Crippen LogP contribution in [0.15, 0.2) is 48.5 Å². The van der Waals surface area contributed by atoms with E-state index in [9.17, 15) is 9.59 Å². The van der Waals surface area contributed by atoms with Crippen molar-refractivity contribution >= 4 is 58.0 Å². The van der Waals surface area contributed by atoms with E-state index in [0.717, 1.165) is 17.3 Å². The number of carbonyl (C=O) groups is 2. The van der Waals surface area contributed by atoms with Gasteiger partial charge in [-0.2, -0.15) is 8.75 Å². The number of hydrogen-bond acceptors (Lipinski definition) is 6. The van der Waals surface area contributed by atoms with Crippen LogP contribution in [0.4, 0.5) is 5.69 Å². The number of amides is 1. The van der Waals surface area contributed by atoms with Crippen molar-refractivity contribution < 1.29 is 14.3 Å². The van der Waals surface area contributed by atoms with E-state index in [1.54, 1.807) is 48.5 Å². The molecule has 0 unspecified atom stereocenters. The van der Waals surface area contributed by atoms with Gasteiger partial charge in [0.1, 0.15) is 11.0 Å². The normalized spacial score (nSPS) is 10.9. The number of hydrogen-bond donors (Lipinski definition) is 1. The van der Waals surface area contributed by atoms with Gasteiger partial charge in [0.25, 0.3) is 5.91 Å². The van der Waals surface area contributed by atoms with Crippen LogP contribution >= 0.6 is 23.3 Å². The summed E-state index contributed by atoms with van der Waals surface area (Å²) in [5.74, 6) is -1.08. The van der Waals surface area contributed by atoms with Crippen LogP contribution in [0.3, 0.4) is 0 Å². The molecule has 1 amide bonds. The van der Waals surface area contributed by atoms with Gasteiger partial charge < -0.3 is 10.1 Å². The molecule has 0 aliphatic heterocycles. The van der Waals surface area contributed by atoms with Crippen LogP contribution in [0, 0.1) is 0 Å². The molecule has 0 atom stereocenters. The highest BCUT2D eigenvalue weighted by molar-refractivity contribution is 7.00. The Hall–Kier alpha value is -2.77. The van der Waals surface area contributed by atoms with E-state index in [2.05, 4.69) is 14.1 Å². The summed E-state index contributed by atoms with van der Waals surface area (Å²) in [6.07, 6.45) is 2.80. The number of anilines is 1. The van der Waals surface area contributed by atoms with Crippen molar-refractivity contribution in [3.8, 4) is 0 Å². The number of benzene rings is 2. The van der Waals surface area contributed by atoms with Crippen LogP contribution in [0.2, 0.25) is 5.02 Å². The topological polar surface area (TPSA) is 81.2 Å². The first-order valence-electron chi connectivity index (χ1n) is 7.23. The number of nitrogens with one attached hydrogen (secondary N) is 1. The van der Waals surface area contributed by atoms with Gasteiger partial charge in [-0.15, -0.1) is 0 Å². The summed E-state index contributed by atoms with van der Waals surface area (Å²) in [7, 11) is 0. The highest BCUT2D eigenvalue weighted by Gasteiger charge is 2.10. The molecule has 25 heavy (non-hydrogen) atoms. The molecule has 2 aromatic carbocycles. The lowest BCUT2D eigenvalue weighted by Gasteiger charge is -2.05. The Labute approximate surface area is 152 Å². The lowest BCUT2D eigenvalue weighted by Crippen LogP contribution is -2.20. The van der Waals surface area contributed by atoms with Gasteiger partial charge >= 0.3 is 5.97 Å². The second-order valence-electron chi connectivity index (χ2n) is 4.98. The van der Waals surface area contributed by atoms with Crippen LogP contribution in [0.25, 0.3) is 17.1 Å². The molecule has 126 valence electrons. The predicted molar refractivity (Wildman–Crippen MR) is 97.5 cm³/mol. The summed E-state index contributed by atoms with van der Waals surface area (Å²) in [5, 5.41) is 3.22. The Morgan fingerprint density at radius 1 is 1.20 bits per heavy atom. The zero-order valence-corrected chi connectivity index (χ0v) is 14.4. The molecule has 0 radical (unpaired) electrons. The van der Waals surface area contributed by atoms with Crippen molar-refractivity contribution in [2.75, 3.05) is 11.9 Å². The number of fused-ring (bicyclic) bond motifs is 1. The maximum atomic E-state index is 11.9. The van der Waals surface area contributed by atoms with Gasteiger partial charge in [0.2, 0.25) is 0 Å². The number of ether oxygens (including phenoxy) is 1. The summed E-state index contributed by atoms with van der Waals surface area (Å²) in [6, 6.07) is 12.3. The maximum absolute atomic E-state index is 11.9. The molecular weight excluding hydrogens is 362 g/mol. The van der Waals surface area contributed by atoms with E-state index in [-0.39, 0.29) is 0 Å². The lowest BCUT2D eigenvalue weighted by molar-refractivity contribution is -0.142. The molecule has 1 N–H and O–H groups in total. The molecule has 3 aromatic rings. The molecule has 1 heterocycles. The fourth-order valence-electron chi connectivity index (χ4n) is 2.05. The largest absolute Gasteiger partial charge is 0.452 e. The molecule has 0 aliphatic rings. The van der Waals surface area contributed by atoms with Crippen LogP contribution in [0.5, 0.6) is 0 Å². The minimum Gasteiger partial charge on any atom is -0.452 e. The zero-order valence-electron chi connectivity index (χ0n) is 12.8. The Morgan fingerprint density at radius 2 is 2.04 bits per heavy atom. The van der Waals surface area contributed by atoms with Crippen LogP contribution < -0.4 is 5.32 Å². The summed E-state index contributed by atoms with van der Waals surface area (Å²) in [4.78, 5) is 23.6. The van der Waals surface area contributed by atoms with Gasteiger partial charge in [-0.25, -0.2) is 4.79 Å². The van der Waals surface area contributed by atoms with Gasteiger partial charge in [-0.1, -0.05) is 29.8 Å². The third-order valence-corrected chi connectivity index (χ3v) is 3.94. The van der Waals surface area contributed by atoms with Crippen molar-refractivity contribution in [2.24, 2.45) is 0 Å². The molecule has 0 aliphatic carbocycles. The average molecular weight is 374 g/mol. The van der Waals surface area contributed by atoms with E-state index < -0.39 is 18.5 Å². The van der Waals surface area contributed by atoms with Gasteiger partial charge in [0, 0.05) is 11.1 Å². The SMILES string of the molecule is O=C(COC(=O)/C=C/c1cccc(Cl)c1)Nc1cccc2nsnc12. The summed E-state index contributed by atoms with van der Waals surface area (Å²) in [6.45, 7) is -0.396. The van der Waals surface area contributed by atoms with Gasteiger partial charge in [0.05, 0.1) is 17.4 Å². The van der Waals surface area contributed by atoms with Crippen LogP contribution in [-0.2, 0) is 14.3 Å². The maximum Gasteiger partial charge on any atom is 0.331 e. The van der Waals surface area contributed by atoms with E-state index in [0.29, 0.717) is 21.7 Å². The van der Waals surface area contributed by atoms with Gasteiger partial charge in [-0.05, 0) is 35.9 Å². The van der Waals surface area contributed by atoms with Crippen molar-refractivity contribution in [1.29, 1.82) is 0 Å². The van der Waals surface area contributed by atoms with Crippen molar-refractivity contribution in [3.63, 3.8) is 0 Å². The number of aromatic nitrogens is 2. The van der Waals surface area contributed by atoms with E-state index in [1.807, 2.05) is 0 Å². The first kappa shape index (κ1) is 17.1. The first-order chi connectivity index (χ1) is 12.1. The van der Waals surface area contributed by atoms with Gasteiger partial charge in [-0.3, -0.25) is 4.79 Å².